The smallest absolute Gasteiger partial charge is 0.243 e. The van der Waals surface area contributed by atoms with Crippen molar-refractivity contribution in [2.24, 2.45) is 0 Å². The van der Waals surface area contributed by atoms with Crippen LogP contribution < -0.4 is 5.32 Å². The molecule has 2 heterocycles. The number of carbonyl (C=O) groups is 1. The number of hydrogen-bond donors (Lipinski definition) is 1. The molecule has 1 amide bonds. The molecule has 1 aliphatic rings. The van der Waals surface area contributed by atoms with E-state index in [1.54, 1.807) is 12.1 Å². The molecule has 188 valence electrons. The first-order valence-corrected chi connectivity index (χ1v) is 13.7. The van der Waals surface area contributed by atoms with Gasteiger partial charge in [0.25, 0.3) is 0 Å². The summed E-state index contributed by atoms with van der Waals surface area (Å²) in [5, 5.41) is 3.01. The van der Waals surface area contributed by atoms with Crippen LogP contribution in [-0.4, -0.2) is 54.5 Å². The lowest BCUT2D eigenvalue weighted by Gasteiger charge is -2.26. The summed E-state index contributed by atoms with van der Waals surface area (Å²) >= 11 is 0. The molecule has 35 heavy (non-hydrogen) atoms. The Kier molecular flexibility index (Phi) is 7.88. The number of sulfonamides is 1. The number of benzene rings is 2. The van der Waals surface area contributed by atoms with Crippen molar-refractivity contribution in [2.75, 3.05) is 31.6 Å². The zero-order valence-electron chi connectivity index (χ0n) is 20.7. The first kappa shape index (κ1) is 25.3. The Bertz CT molecular complexity index is 1310. The van der Waals surface area contributed by atoms with E-state index in [2.05, 4.69) is 16.8 Å². The number of imidazole rings is 1. The molecular weight excluding hydrogens is 464 g/mol. The SMILES string of the molecule is CCCCn1c(CCC(=O)Nc2cccc(C)c2C)nc2cc(S(=O)(=O)N3CCOCC3)ccc21. The van der Waals surface area contributed by atoms with Gasteiger partial charge in [0.1, 0.15) is 5.82 Å². The minimum Gasteiger partial charge on any atom is -0.379 e. The minimum absolute atomic E-state index is 0.0663. The molecule has 0 spiro atoms. The van der Waals surface area contributed by atoms with Crippen molar-refractivity contribution in [1.29, 1.82) is 0 Å². The number of aromatic nitrogens is 2. The van der Waals surface area contributed by atoms with Crippen LogP contribution in [0.2, 0.25) is 0 Å². The van der Waals surface area contributed by atoms with Crippen LogP contribution in [0.3, 0.4) is 0 Å². The maximum absolute atomic E-state index is 13.1. The standard InChI is InChI=1S/C26H34N4O4S/c1-4-5-13-30-24-10-9-21(35(32,33)29-14-16-34-17-15-29)18-23(24)27-25(30)11-12-26(31)28-22-8-6-7-19(2)20(22)3/h6-10,18H,4-5,11-17H2,1-3H3,(H,28,31). The molecule has 1 N–H and O–H groups in total. The molecule has 1 fully saturated rings. The maximum Gasteiger partial charge on any atom is 0.243 e. The molecule has 0 aliphatic carbocycles. The van der Waals surface area contributed by atoms with Crippen molar-refractivity contribution in [3.63, 3.8) is 0 Å². The number of nitrogens with one attached hydrogen (secondary N) is 1. The molecule has 1 saturated heterocycles. The van der Waals surface area contributed by atoms with Crippen LogP contribution in [0.5, 0.6) is 0 Å². The summed E-state index contributed by atoms with van der Waals surface area (Å²) in [5.41, 5.74) is 4.55. The third-order valence-electron chi connectivity index (χ3n) is 6.60. The monoisotopic (exact) mass is 498 g/mol. The fourth-order valence-electron chi connectivity index (χ4n) is 4.34. The number of rotatable bonds is 9. The topological polar surface area (TPSA) is 93.5 Å². The molecule has 3 aromatic rings. The van der Waals surface area contributed by atoms with E-state index < -0.39 is 10.0 Å². The normalized spacial score (nSPS) is 14.9. The Morgan fingerprint density at radius 2 is 1.91 bits per heavy atom. The van der Waals surface area contributed by atoms with Crippen LogP contribution in [0, 0.1) is 13.8 Å². The highest BCUT2D eigenvalue weighted by atomic mass is 32.2. The van der Waals surface area contributed by atoms with E-state index in [0.717, 1.165) is 47.5 Å². The first-order valence-electron chi connectivity index (χ1n) is 12.2. The van der Waals surface area contributed by atoms with E-state index in [4.69, 9.17) is 9.72 Å². The van der Waals surface area contributed by atoms with E-state index >= 15 is 0 Å². The molecule has 1 aliphatic heterocycles. The first-order chi connectivity index (χ1) is 16.8. The van der Waals surface area contributed by atoms with Crippen LogP contribution >= 0.6 is 0 Å². The highest BCUT2D eigenvalue weighted by Gasteiger charge is 2.27. The molecular formula is C26H34N4O4S. The Morgan fingerprint density at radius 1 is 1.14 bits per heavy atom. The van der Waals surface area contributed by atoms with Gasteiger partial charge in [-0.05, 0) is 55.7 Å². The molecule has 8 nitrogen and oxygen atoms in total. The quantitative estimate of drug-likeness (QED) is 0.481. The number of hydrogen-bond acceptors (Lipinski definition) is 5. The predicted octanol–water partition coefficient (Wildman–Crippen LogP) is 4.05. The molecule has 9 heteroatoms. The van der Waals surface area contributed by atoms with Gasteiger partial charge >= 0.3 is 0 Å². The number of unbranched alkanes of at least 4 members (excludes halogenated alkanes) is 1. The summed E-state index contributed by atoms with van der Waals surface area (Å²) in [6, 6.07) is 11.0. The number of nitrogens with zero attached hydrogens (tertiary/aromatic N) is 3. The van der Waals surface area contributed by atoms with E-state index in [9.17, 15) is 13.2 Å². The lowest BCUT2D eigenvalue weighted by atomic mass is 10.1. The molecule has 0 unspecified atom stereocenters. The maximum atomic E-state index is 13.1. The van der Waals surface area contributed by atoms with Crippen LogP contribution in [0.25, 0.3) is 11.0 Å². The summed E-state index contributed by atoms with van der Waals surface area (Å²) in [7, 11) is -3.60. The summed E-state index contributed by atoms with van der Waals surface area (Å²) in [6.07, 6.45) is 2.76. The van der Waals surface area contributed by atoms with Gasteiger partial charge in [0.2, 0.25) is 15.9 Å². The summed E-state index contributed by atoms with van der Waals surface area (Å²) in [5.74, 6) is 0.730. The Morgan fingerprint density at radius 3 is 2.66 bits per heavy atom. The van der Waals surface area contributed by atoms with E-state index in [1.807, 2.05) is 38.1 Å². The average molecular weight is 499 g/mol. The Balaban J connectivity index is 1.56. The van der Waals surface area contributed by atoms with Crippen LogP contribution in [0.4, 0.5) is 5.69 Å². The number of carbonyl (C=O) groups excluding carboxylic acids is 1. The Labute approximate surface area is 207 Å². The summed E-state index contributed by atoms with van der Waals surface area (Å²) in [6.45, 7) is 8.44. The molecule has 0 atom stereocenters. The zero-order chi connectivity index (χ0) is 25.0. The lowest BCUT2D eigenvalue weighted by molar-refractivity contribution is -0.116. The highest BCUT2D eigenvalue weighted by molar-refractivity contribution is 7.89. The van der Waals surface area contributed by atoms with Gasteiger partial charge in [0.05, 0.1) is 29.1 Å². The predicted molar refractivity (Wildman–Crippen MR) is 137 cm³/mol. The average Bonchev–Trinajstić information content (AvgIpc) is 3.21. The van der Waals surface area contributed by atoms with Gasteiger partial charge in [-0.3, -0.25) is 4.79 Å². The third kappa shape index (κ3) is 5.58. The van der Waals surface area contributed by atoms with Gasteiger partial charge in [-0.2, -0.15) is 4.31 Å². The van der Waals surface area contributed by atoms with E-state index in [-0.39, 0.29) is 10.8 Å². The largest absolute Gasteiger partial charge is 0.379 e. The molecule has 0 saturated carbocycles. The minimum atomic E-state index is -3.60. The number of morpholine rings is 1. The van der Waals surface area contributed by atoms with Gasteiger partial charge < -0.3 is 14.6 Å². The van der Waals surface area contributed by atoms with Gasteiger partial charge in [0, 0.05) is 38.2 Å². The van der Waals surface area contributed by atoms with Crippen molar-refractivity contribution in [3.05, 3.63) is 53.3 Å². The van der Waals surface area contributed by atoms with Crippen LogP contribution in [0.1, 0.15) is 43.1 Å². The molecule has 4 rings (SSSR count). The molecule has 2 aromatic carbocycles. The summed E-state index contributed by atoms with van der Waals surface area (Å²) in [4.78, 5) is 17.7. The number of aryl methyl sites for hydroxylation is 3. The summed E-state index contributed by atoms with van der Waals surface area (Å²) < 4.78 is 35.1. The number of ether oxygens (including phenoxy) is 1. The second kappa shape index (κ2) is 10.9. The lowest BCUT2D eigenvalue weighted by Crippen LogP contribution is -2.40. The number of fused-ring (bicyclic) bond motifs is 1. The number of anilines is 1. The van der Waals surface area contributed by atoms with Gasteiger partial charge in [-0.15, -0.1) is 0 Å². The van der Waals surface area contributed by atoms with Gasteiger partial charge in [-0.25, -0.2) is 13.4 Å². The molecule has 0 radical (unpaired) electrons. The highest BCUT2D eigenvalue weighted by Crippen LogP contribution is 2.25. The molecule has 0 bridgehead atoms. The fraction of sp³-hybridized carbons (Fsp3) is 0.462. The van der Waals surface area contributed by atoms with Crippen molar-refractivity contribution < 1.29 is 17.9 Å². The van der Waals surface area contributed by atoms with Crippen molar-refractivity contribution in [2.45, 2.75) is 57.9 Å². The van der Waals surface area contributed by atoms with E-state index in [1.165, 1.54) is 4.31 Å². The van der Waals surface area contributed by atoms with E-state index in [0.29, 0.717) is 44.7 Å². The van der Waals surface area contributed by atoms with Crippen molar-refractivity contribution >= 4 is 32.7 Å². The fourth-order valence-corrected chi connectivity index (χ4v) is 5.77. The number of amides is 1. The van der Waals surface area contributed by atoms with Crippen molar-refractivity contribution in [3.8, 4) is 0 Å². The Hall–Kier alpha value is -2.75. The second-order valence-electron chi connectivity index (χ2n) is 9.00. The third-order valence-corrected chi connectivity index (χ3v) is 8.49. The second-order valence-corrected chi connectivity index (χ2v) is 10.9. The van der Waals surface area contributed by atoms with Crippen molar-refractivity contribution in [1.82, 2.24) is 13.9 Å². The van der Waals surface area contributed by atoms with Gasteiger partial charge in [-0.1, -0.05) is 25.5 Å². The van der Waals surface area contributed by atoms with Crippen LogP contribution in [-0.2, 0) is 32.5 Å². The van der Waals surface area contributed by atoms with Crippen LogP contribution in [0.15, 0.2) is 41.3 Å². The van der Waals surface area contributed by atoms with Gasteiger partial charge in [0.15, 0.2) is 0 Å². The zero-order valence-corrected chi connectivity index (χ0v) is 21.5. The molecule has 1 aromatic heterocycles.